The van der Waals surface area contributed by atoms with Gasteiger partial charge in [-0.2, -0.15) is 0 Å². The van der Waals surface area contributed by atoms with Gasteiger partial charge in [-0.3, -0.25) is 4.79 Å². The molecule has 1 unspecified atom stereocenters. The predicted octanol–water partition coefficient (Wildman–Crippen LogP) is 4.92. The summed E-state index contributed by atoms with van der Waals surface area (Å²) in [5.41, 5.74) is 2.11. The molecular weight excluding hydrogens is 353 g/mol. The molecule has 2 aliphatic rings. The molecule has 1 saturated heterocycles. The van der Waals surface area contributed by atoms with Crippen molar-refractivity contribution in [3.63, 3.8) is 0 Å². The fourth-order valence-electron chi connectivity index (χ4n) is 3.80. The Balaban J connectivity index is 1.50. The Morgan fingerprint density at radius 2 is 2.04 bits per heavy atom. The Bertz CT molecular complexity index is 882. The fraction of sp³-hybridized carbons (Fsp3) is 0.286. The predicted molar refractivity (Wildman–Crippen MR) is 99.4 cm³/mol. The van der Waals surface area contributed by atoms with Crippen molar-refractivity contribution in [2.45, 2.75) is 24.9 Å². The molecule has 26 heavy (non-hydrogen) atoms. The van der Waals surface area contributed by atoms with Gasteiger partial charge in [0.05, 0.1) is 12.8 Å². The number of benzene rings is 2. The van der Waals surface area contributed by atoms with Crippen molar-refractivity contribution in [1.82, 2.24) is 4.90 Å². The standard InChI is InChI=1S/C21H19ClFNO2/c22-18-6-1-4-15(10-18)17-12-21(26-13-17)8-3-9-24(14-21)20(25)16-5-2-7-19(23)11-16/h1-2,4-7,10-11,13H,3,8-9,12,14H2. The molecule has 0 aromatic heterocycles. The van der Waals surface area contributed by atoms with E-state index in [-0.39, 0.29) is 5.91 Å². The number of carbonyl (C=O) groups is 1. The molecule has 5 heteroatoms. The second-order valence-electron chi connectivity index (χ2n) is 6.97. The van der Waals surface area contributed by atoms with Crippen LogP contribution in [0.2, 0.25) is 5.02 Å². The lowest BCUT2D eigenvalue weighted by Gasteiger charge is -2.39. The van der Waals surface area contributed by atoms with Gasteiger partial charge in [0.2, 0.25) is 0 Å². The van der Waals surface area contributed by atoms with Gasteiger partial charge in [-0.05, 0) is 54.3 Å². The summed E-state index contributed by atoms with van der Waals surface area (Å²) in [6.45, 7) is 1.16. The topological polar surface area (TPSA) is 29.5 Å². The van der Waals surface area contributed by atoms with E-state index in [4.69, 9.17) is 16.3 Å². The Kier molecular flexibility index (Phi) is 4.45. The number of rotatable bonds is 2. The van der Waals surface area contributed by atoms with Crippen molar-refractivity contribution < 1.29 is 13.9 Å². The van der Waals surface area contributed by atoms with Gasteiger partial charge < -0.3 is 9.64 Å². The van der Waals surface area contributed by atoms with Crippen molar-refractivity contribution in [1.29, 1.82) is 0 Å². The number of halogens is 2. The van der Waals surface area contributed by atoms with Crippen molar-refractivity contribution in [3.05, 3.63) is 76.8 Å². The molecule has 2 aliphatic heterocycles. The van der Waals surface area contributed by atoms with E-state index in [0.717, 1.165) is 30.4 Å². The summed E-state index contributed by atoms with van der Waals surface area (Å²) in [6, 6.07) is 13.5. The second-order valence-corrected chi connectivity index (χ2v) is 7.41. The first-order chi connectivity index (χ1) is 12.5. The fourth-order valence-corrected chi connectivity index (χ4v) is 3.99. The monoisotopic (exact) mass is 371 g/mol. The molecule has 2 aromatic rings. The van der Waals surface area contributed by atoms with E-state index < -0.39 is 11.4 Å². The van der Waals surface area contributed by atoms with Crippen molar-refractivity contribution in [3.8, 4) is 0 Å². The lowest BCUT2D eigenvalue weighted by Crippen LogP contribution is -2.50. The van der Waals surface area contributed by atoms with Gasteiger partial charge in [0.1, 0.15) is 11.4 Å². The smallest absolute Gasteiger partial charge is 0.254 e. The average Bonchev–Trinajstić information content (AvgIpc) is 3.04. The zero-order valence-corrected chi connectivity index (χ0v) is 15.0. The van der Waals surface area contributed by atoms with Crippen LogP contribution >= 0.6 is 11.6 Å². The maximum atomic E-state index is 13.4. The number of ether oxygens (including phenoxy) is 1. The van der Waals surface area contributed by atoms with Crippen LogP contribution in [0.5, 0.6) is 0 Å². The Hall–Kier alpha value is -2.33. The summed E-state index contributed by atoms with van der Waals surface area (Å²) in [5.74, 6) is -0.548. The Labute approximate surface area is 157 Å². The number of carbonyl (C=O) groups excluding carboxylic acids is 1. The number of hydrogen-bond acceptors (Lipinski definition) is 2. The van der Waals surface area contributed by atoms with E-state index in [1.807, 2.05) is 24.3 Å². The molecule has 0 N–H and O–H groups in total. The lowest BCUT2D eigenvalue weighted by atomic mass is 9.86. The first-order valence-corrected chi connectivity index (χ1v) is 9.10. The van der Waals surface area contributed by atoms with Crippen molar-refractivity contribution in [2.24, 2.45) is 0 Å². The third-order valence-electron chi connectivity index (χ3n) is 5.06. The van der Waals surface area contributed by atoms with Crippen LogP contribution in [0.25, 0.3) is 5.57 Å². The SMILES string of the molecule is O=C(c1cccc(F)c1)N1CCCC2(CC(c3cccc(Cl)c3)=CO2)C1. The van der Waals surface area contributed by atoms with E-state index >= 15 is 0 Å². The van der Waals surface area contributed by atoms with Gasteiger partial charge >= 0.3 is 0 Å². The summed E-state index contributed by atoms with van der Waals surface area (Å²) < 4.78 is 19.5. The van der Waals surface area contributed by atoms with Crippen LogP contribution in [-0.2, 0) is 4.74 Å². The van der Waals surface area contributed by atoms with E-state index in [1.54, 1.807) is 23.3 Å². The quantitative estimate of drug-likeness (QED) is 0.750. The third kappa shape index (κ3) is 3.34. The van der Waals surface area contributed by atoms with Crippen molar-refractivity contribution in [2.75, 3.05) is 13.1 Å². The second kappa shape index (κ2) is 6.76. The maximum Gasteiger partial charge on any atom is 0.254 e. The average molecular weight is 372 g/mol. The Morgan fingerprint density at radius 3 is 2.85 bits per heavy atom. The maximum absolute atomic E-state index is 13.4. The van der Waals surface area contributed by atoms with E-state index in [0.29, 0.717) is 23.7 Å². The van der Waals surface area contributed by atoms with Gasteiger partial charge in [0.15, 0.2) is 0 Å². The number of hydrogen-bond donors (Lipinski definition) is 0. The first-order valence-electron chi connectivity index (χ1n) is 8.72. The van der Waals surface area contributed by atoms with Crippen LogP contribution in [0, 0.1) is 5.82 Å². The zero-order chi connectivity index (χ0) is 18.1. The molecule has 4 rings (SSSR count). The minimum absolute atomic E-state index is 0.150. The molecule has 0 aliphatic carbocycles. The highest BCUT2D eigenvalue weighted by molar-refractivity contribution is 6.30. The molecule has 0 radical (unpaired) electrons. The summed E-state index contributed by atoms with van der Waals surface area (Å²) in [4.78, 5) is 14.5. The van der Waals surface area contributed by atoms with Gasteiger partial charge in [-0.15, -0.1) is 0 Å². The summed E-state index contributed by atoms with van der Waals surface area (Å²) in [6.07, 6.45) is 4.28. The Morgan fingerprint density at radius 1 is 1.19 bits per heavy atom. The molecule has 2 aromatic carbocycles. The summed E-state index contributed by atoms with van der Waals surface area (Å²) in [7, 11) is 0. The largest absolute Gasteiger partial charge is 0.492 e. The molecule has 0 saturated carbocycles. The lowest BCUT2D eigenvalue weighted by molar-refractivity contribution is -0.0190. The first kappa shape index (κ1) is 17.1. The number of nitrogens with zero attached hydrogens (tertiary/aromatic N) is 1. The molecule has 2 heterocycles. The normalized spacial score (nSPS) is 22.2. The number of likely N-dealkylation sites (tertiary alicyclic amines) is 1. The highest BCUT2D eigenvalue weighted by Gasteiger charge is 2.42. The van der Waals surface area contributed by atoms with Gasteiger partial charge in [-0.1, -0.05) is 29.8 Å². The molecule has 1 amide bonds. The molecule has 134 valence electrons. The van der Waals surface area contributed by atoms with Crippen molar-refractivity contribution >= 4 is 23.1 Å². The van der Waals surface area contributed by atoms with Gasteiger partial charge in [0.25, 0.3) is 5.91 Å². The van der Waals surface area contributed by atoms with Crippen LogP contribution in [0.3, 0.4) is 0 Å². The van der Waals surface area contributed by atoms with Crippen LogP contribution in [0.15, 0.2) is 54.8 Å². The van der Waals surface area contributed by atoms with Gasteiger partial charge in [-0.25, -0.2) is 4.39 Å². The highest BCUT2D eigenvalue weighted by atomic mass is 35.5. The summed E-state index contributed by atoms with van der Waals surface area (Å²) in [5, 5.41) is 0.691. The van der Waals surface area contributed by atoms with E-state index in [2.05, 4.69) is 0 Å². The molecule has 1 fully saturated rings. The molecule has 0 bridgehead atoms. The van der Waals surface area contributed by atoms with E-state index in [1.165, 1.54) is 12.1 Å². The van der Waals surface area contributed by atoms with E-state index in [9.17, 15) is 9.18 Å². The van der Waals surface area contributed by atoms with Crippen LogP contribution in [0.4, 0.5) is 4.39 Å². The molecular formula is C21H19ClFNO2. The third-order valence-corrected chi connectivity index (χ3v) is 5.29. The molecule has 3 nitrogen and oxygen atoms in total. The van der Waals surface area contributed by atoms with Crippen LogP contribution < -0.4 is 0 Å². The zero-order valence-electron chi connectivity index (χ0n) is 14.3. The minimum atomic E-state index is -0.404. The minimum Gasteiger partial charge on any atom is -0.492 e. The number of amides is 1. The molecule has 1 spiro atoms. The van der Waals surface area contributed by atoms with Gasteiger partial charge in [0, 0.05) is 23.6 Å². The number of piperidine rings is 1. The van der Waals surface area contributed by atoms with Crippen LogP contribution in [0.1, 0.15) is 35.2 Å². The summed E-state index contributed by atoms with van der Waals surface area (Å²) >= 11 is 6.09. The molecule has 1 atom stereocenters. The highest BCUT2D eigenvalue weighted by Crippen LogP contribution is 2.41. The van der Waals surface area contributed by atoms with Crippen LogP contribution in [-0.4, -0.2) is 29.5 Å².